The van der Waals surface area contributed by atoms with Crippen LogP contribution in [0.5, 0.6) is 0 Å². The Morgan fingerprint density at radius 2 is 2.27 bits per heavy atom. The van der Waals surface area contributed by atoms with Crippen molar-refractivity contribution in [3.8, 4) is 0 Å². The Morgan fingerprint density at radius 1 is 1.33 bits per heavy atom. The lowest BCUT2D eigenvalue weighted by molar-refractivity contribution is 0.823. The molecule has 0 atom stereocenters. The van der Waals surface area contributed by atoms with Gasteiger partial charge in [0.15, 0.2) is 0 Å². The van der Waals surface area contributed by atoms with Gasteiger partial charge in [0.2, 0.25) is 0 Å². The van der Waals surface area contributed by atoms with Crippen molar-refractivity contribution < 1.29 is 0 Å². The Hall–Kier alpha value is -0.670. The molecule has 0 bridgehead atoms. The van der Waals surface area contributed by atoms with Gasteiger partial charge in [-0.15, -0.1) is 11.8 Å². The number of likely N-dealkylation sites (N-methyl/N-ethyl adjacent to an activating group) is 1. The summed E-state index contributed by atoms with van der Waals surface area (Å²) in [5, 5.41) is 6.56. The molecule has 0 aromatic heterocycles. The molecule has 0 aliphatic carbocycles. The van der Waals surface area contributed by atoms with Gasteiger partial charge in [0.05, 0.1) is 0 Å². The summed E-state index contributed by atoms with van der Waals surface area (Å²) in [4.78, 5) is 1.47. The summed E-state index contributed by atoms with van der Waals surface area (Å²) in [5.41, 5.74) is 2.77. The van der Waals surface area contributed by atoms with E-state index in [0.717, 1.165) is 13.1 Å². The highest BCUT2D eigenvalue weighted by Gasteiger charge is 2.09. The van der Waals surface area contributed by atoms with Gasteiger partial charge in [0, 0.05) is 23.7 Å². The van der Waals surface area contributed by atoms with Crippen LogP contribution in [0.4, 0.5) is 5.69 Å². The first-order valence-corrected chi connectivity index (χ1v) is 6.53. The predicted octanol–water partition coefficient (Wildman–Crippen LogP) is 2.36. The predicted molar refractivity (Wildman–Crippen MR) is 67.9 cm³/mol. The van der Waals surface area contributed by atoms with Crippen LogP contribution in [-0.2, 0) is 6.42 Å². The number of aryl methyl sites for hydroxylation is 1. The lowest BCUT2D eigenvalue weighted by Gasteiger charge is -2.16. The van der Waals surface area contributed by atoms with Crippen LogP contribution in [0.25, 0.3) is 0 Å². The van der Waals surface area contributed by atoms with Crippen LogP contribution in [0.3, 0.4) is 0 Å². The molecule has 2 N–H and O–H groups in total. The van der Waals surface area contributed by atoms with Crippen molar-refractivity contribution in [3.05, 3.63) is 23.8 Å². The highest BCUT2D eigenvalue weighted by atomic mass is 32.2. The average molecular weight is 222 g/mol. The second-order valence-corrected chi connectivity index (χ2v) is 4.94. The number of benzene rings is 1. The third-order valence-electron chi connectivity index (χ3n) is 2.61. The number of anilines is 1. The van der Waals surface area contributed by atoms with Crippen LogP contribution >= 0.6 is 11.8 Å². The molecule has 0 spiro atoms. The fourth-order valence-corrected chi connectivity index (χ4v) is 2.82. The molecule has 0 fully saturated rings. The van der Waals surface area contributed by atoms with Crippen LogP contribution in [-0.4, -0.2) is 25.9 Å². The highest BCUT2D eigenvalue weighted by molar-refractivity contribution is 7.99. The number of thioether (sulfide) groups is 1. The van der Waals surface area contributed by atoms with E-state index in [0.29, 0.717) is 0 Å². The Bertz CT molecular complexity index is 325. The molecule has 1 heterocycles. The summed E-state index contributed by atoms with van der Waals surface area (Å²) < 4.78 is 0. The van der Waals surface area contributed by atoms with Gasteiger partial charge in [-0.3, -0.25) is 0 Å². The monoisotopic (exact) mass is 222 g/mol. The van der Waals surface area contributed by atoms with Crippen molar-refractivity contribution in [2.75, 3.05) is 31.2 Å². The minimum absolute atomic E-state index is 0.989. The molecule has 1 aromatic carbocycles. The number of rotatable bonds is 4. The second kappa shape index (κ2) is 5.42. The van der Waals surface area contributed by atoms with E-state index >= 15 is 0 Å². The van der Waals surface area contributed by atoms with Gasteiger partial charge < -0.3 is 10.6 Å². The lowest BCUT2D eigenvalue weighted by atomic mass is 10.1. The zero-order valence-electron chi connectivity index (χ0n) is 9.18. The van der Waals surface area contributed by atoms with E-state index in [1.807, 2.05) is 18.8 Å². The number of hydrogen-bond acceptors (Lipinski definition) is 3. The van der Waals surface area contributed by atoms with E-state index in [9.17, 15) is 0 Å². The maximum atomic E-state index is 3.42. The van der Waals surface area contributed by atoms with Gasteiger partial charge in [-0.2, -0.15) is 0 Å². The van der Waals surface area contributed by atoms with Gasteiger partial charge in [0.1, 0.15) is 0 Å². The van der Waals surface area contributed by atoms with Crippen molar-refractivity contribution in [2.24, 2.45) is 0 Å². The molecule has 0 amide bonds. The molecule has 0 saturated carbocycles. The van der Waals surface area contributed by atoms with E-state index in [4.69, 9.17) is 0 Å². The maximum Gasteiger partial charge on any atom is 0.0344 e. The fourth-order valence-electron chi connectivity index (χ4n) is 1.80. The molecule has 0 saturated heterocycles. The molecule has 0 radical (unpaired) electrons. The molecule has 0 unspecified atom stereocenters. The van der Waals surface area contributed by atoms with E-state index < -0.39 is 0 Å². The van der Waals surface area contributed by atoms with Crippen LogP contribution in [0.1, 0.15) is 12.0 Å². The third kappa shape index (κ3) is 2.89. The van der Waals surface area contributed by atoms with Crippen molar-refractivity contribution in [2.45, 2.75) is 17.7 Å². The molecular weight excluding hydrogens is 204 g/mol. The Kier molecular flexibility index (Phi) is 3.92. The summed E-state index contributed by atoms with van der Waals surface area (Å²) in [7, 11) is 1.98. The smallest absolute Gasteiger partial charge is 0.0344 e. The fraction of sp³-hybridized carbons (Fsp3) is 0.500. The molecule has 15 heavy (non-hydrogen) atoms. The van der Waals surface area contributed by atoms with Gasteiger partial charge in [0.25, 0.3) is 0 Å². The van der Waals surface area contributed by atoms with Gasteiger partial charge in [-0.05, 0) is 49.4 Å². The first-order chi connectivity index (χ1) is 7.40. The Morgan fingerprint density at radius 3 is 3.13 bits per heavy atom. The van der Waals surface area contributed by atoms with E-state index in [1.165, 1.54) is 34.7 Å². The molecule has 2 nitrogen and oxygen atoms in total. The van der Waals surface area contributed by atoms with Crippen LogP contribution in [0.15, 0.2) is 23.1 Å². The van der Waals surface area contributed by atoms with Crippen molar-refractivity contribution >= 4 is 17.4 Å². The zero-order chi connectivity index (χ0) is 10.5. The number of fused-ring (bicyclic) bond motifs is 1. The zero-order valence-corrected chi connectivity index (χ0v) is 9.99. The van der Waals surface area contributed by atoms with E-state index in [2.05, 4.69) is 28.8 Å². The minimum Gasteiger partial charge on any atom is -0.384 e. The van der Waals surface area contributed by atoms with Gasteiger partial charge >= 0.3 is 0 Å². The lowest BCUT2D eigenvalue weighted by Crippen LogP contribution is -2.17. The Balaban J connectivity index is 2.00. The maximum absolute atomic E-state index is 3.42. The molecule has 1 aliphatic heterocycles. The molecule has 3 heteroatoms. The van der Waals surface area contributed by atoms with E-state index in [-0.39, 0.29) is 0 Å². The van der Waals surface area contributed by atoms with Gasteiger partial charge in [-0.1, -0.05) is 0 Å². The molecule has 1 aliphatic rings. The SMILES string of the molecule is CNCCNc1ccc2c(c1)CCCS2. The van der Waals surface area contributed by atoms with Crippen molar-refractivity contribution in [1.82, 2.24) is 5.32 Å². The average Bonchev–Trinajstić information content (AvgIpc) is 2.29. The largest absolute Gasteiger partial charge is 0.384 e. The summed E-state index contributed by atoms with van der Waals surface area (Å²) in [6.07, 6.45) is 2.56. The quantitative estimate of drug-likeness (QED) is 0.765. The number of hydrogen-bond donors (Lipinski definition) is 2. The minimum atomic E-state index is 0.989. The first kappa shape index (κ1) is 10.8. The highest BCUT2D eigenvalue weighted by Crippen LogP contribution is 2.31. The van der Waals surface area contributed by atoms with Crippen molar-refractivity contribution in [1.29, 1.82) is 0 Å². The second-order valence-electron chi connectivity index (χ2n) is 3.80. The summed E-state index contributed by atoms with van der Waals surface area (Å²) in [5.74, 6) is 1.28. The number of nitrogens with one attached hydrogen (secondary N) is 2. The summed E-state index contributed by atoms with van der Waals surface area (Å²) in [6.45, 7) is 1.99. The molecule has 1 aromatic rings. The van der Waals surface area contributed by atoms with Crippen LogP contribution < -0.4 is 10.6 Å². The molecular formula is C12H18N2S. The first-order valence-electron chi connectivity index (χ1n) is 5.54. The van der Waals surface area contributed by atoms with Crippen molar-refractivity contribution in [3.63, 3.8) is 0 Å². The van der Waals surface area contributed by atoms with E-state index in [1.54, 1.807) is 0 Å². The topological polar surface area (TPSA) is 24.1 Å². The van der Waals surface area contributed by atoms with Crippen LogP contribution in [0, 0.1) is 0 Å². The summed E-state index contributed by atoms with van der Waals surface area (Å²) >= 11 is 1.99. The summed E-state index contributed by atoms with van der Waals surface area (Å²) in [6, 6.07) is 6.74. The molecule has 2 rings (SSSR count). The Labute approximate surface area is 95.8 Å². The van der Waals surface area contributed by atoms with Crippen LogP contribution in [0.2, 0.25) is 0 Å². The standard InChI is InChI=1S/C12H18N2S/c1-13-6-7-14-11-4-5-12-10(9-11)3-2-8-15-12/h4-5,9,13-14H,2-3,6-8H2,1H3. The normalized spacial score (nSPS) is 14.7. The molecule has 82 valence electrons. The third-order valence-corrected chi connectivity index (χ3v) is 3.81. The van der Waals surface area contributed by atoms with Gasteiger partial charge in [-0.25, -0.2) is 0 Å².